The van der Waals surface area contributed by atoms with Crippen molar-refractivity contribution in [2.24, 2.45) is 0 Å². The highest BCUT2D eigenvalue weighted by atomic mass is 19.1. The van der Waals surface area contributed by atoms with Crippen LogP contribution in [-0.2, 0) is 11.2 Å². The van der Waals surface area contributed by atoms with Gasteiger partial charge in [-0.25, -0.2) is 4.39 Å². The fourth-order valence-corrected chi connectivity index (χ4v) is 2.54. The first-order valence-corrected chi connectivity index (χ1v) is 8.38. The highest BCUT2D eigenvalue weighted by Gasteiger charge is 2.11. The van der Waals surface area contributed by atoms with E-state index >= 15 is 0 Å². The van der Waals surface area contributed by atoms with Gasteiger partial charge in [0.2, 0.25) is 5.91 Å². The van der Waals surface area contributed by atoms with Crippen molar-refractivity contribution in [3.8, 4) is 11.5 Å². The number of aryl methyl sites for hydroxylation is 1. The molecule has 0 saturated carbocycles. The van der Waals surface area contributed by atoms with Crippen LogP contribution < -0.4 is 14.8 Å². The van der Waals surface area contributed by atoms with Crippen molar-refractivity contribution in [3.63, 3.8) is 0 Å². The Hall–Kier alpha value is -2.56. The Balaban J connectivity index is 1.85. The molecule has 2 rings (SSSR count). The van der Waals surface area contributed by atoms with E-state index in [0.717, 1.165) is 16.9 Å². The number of carbonyl (C=O) groups is 1. The number of methoxy groups -OCH3 is 1. The van der Waals surface area contributed by atoms with Gasteiger partial charge in [0.25, 0.3) is 0 Å². The van der Waals surface area contributed by atoms with E-state index in [2.05, 4.69) is 5.32 Å². The van der Waals surface area contributed by atoms with E-state index in [1.165, 1.54) is 13.2 Å². The number of halogens is 1. The van der Waals surface area contributed by atoms with Crippen molar-refractivity contribution in [1.82, 2.24) is 5.32 Å². The summed E-state index contributed by atoms with van der Waals surface area (Å²) in [6.45, 7) is 4.49. The fraction of sp³-hybridized carbons (Fsp3) is 0.350. The summed E-state index contributed by atoms with van der Waals surface area (Å²) in [5.41, 5.74) is 1.77. The second kappa shape index (κ2) is 9.06. The van der Waals surface area contributed by atoms with Crippen molar-refractivity contribution in [2.45, 2.75) is 32.7 Å². The lowest BCUT2D eigenvalue weighted by Gasteiger charge is -2.15. The number of nitrogens with one attached hydrogen (secondary N) is 1. The summed E-state index contributed by atoms with van der Waals surface area (Å²) in [5, 5.41) is 2.96. The quantitative estimate of drug-likeness (QED) is 0.785. The fourth-order valence-electron chi connectivity index (χ4n) is 2.54. The van der Waals surface area contributed by atoms with E-state index in [1.807, 2.05) is 38.1 Å². The minimum absolute atomic E-state index is 0.0717. The molecule has 0 heterocycles. The Morgan fingerprint density at radius 3 is 2.52 bits per heavy atom. The molecule has 0 aliphatic carbocycles. The number of ether oxygens (including phenoxy) is 2. The minimum Gasteiger partial charge on any atom is -0.494 e. The molecule has 0 aliphatic heterocycles. The minimum atomic E-state index is -0.414. The van der Waals surface area contributed by atoms with Crippen LogP contribution in [0.15, 0.2) is 42.5 Å². The van der Waals surface area contributed by atoms with Crippen LogP contribution in [-0.4, -0.2) is 19.6 Å². The smallest absolute Gasteiger partial charge is 0.220 e. The van der Waals surface area contributed by atoms with Gasteiger partial charge in [-0.2, -0.15) is 0 Å². The molecule has 0 spiro atoms. The van der Waals surface area contributed by atoms with E-state index in [-0.39, 0.29) is 17.7 Å². The summed E-state index contributed by atoms with van der Waals surface area (Å²) in [4.78, 5) is 12.1. The SMILES string of the molecule is CCOc1ccc(C(C)NC(=O)CCc2ccc(OC)c(F)c2)cc1. The zero-order valence-corrected chi connectivity index (χ0v) is 14.8. The summed E-state index contributed by atoms with van der Waals surface area (Å²) in [6, 6.07) is 12.3. The highest BCUT2D eigenvalue weighted by Crippen LogP contribution is 2.20. The van der Waals surface area contributed by atoms with Gasteiger partial charge < -0.3 is 14.8 Å². The van der Waals surface area contributed by atoms with Crippen LogP contribution in [0.5, 0.6) is 11.5 Å². The molecule has 0 bridgehead atoms. The van der Waals surface area contributed by atoms with Gasteiger partial charge in [-0.3, -0.25) is 4.79 Å². The first-order chi connectivity index (χ1) is 12.0. The van der Waals surface area contributed by atoms with Gasteiger partial charge in [0.1, 0.15) is 5.75 Å². The summed E-state index contributed by atoms with van der Waals surface area (Å²) >= 11 is 0. The zero-order valence-electron chi connectivity index (χ0n) is 14.8. The van der Waals surface area contributed by atoms with Crippen LogP contribution in [0.4, 0.5) is 4.39 Å². The zero-order chi connectivity index (χ0) is 18.2. The van der Waals surface area contributed by atoms with Gasteiger partial charge in [-0.15, -0.1) is 0 Å². The molecule has 0 aliphatic rings. The molecular formula is C20H24FNO3. The number of benzene rings is 2. The first-order valence-electron chi connectivity index (χ1n) is 8.38. The van der Waals surface area contributed by atoms with Crippen LogP contribution >= 0.6 is 0 Å². The van der Waals surface area contributed by atoms with Gasteiger partial charge in [0.05, 0.1) is 19.8 Å². The van der Waals surface area contributed by atoms with E-state index in [1.54, 1.807) is 12.1 Å². The second-order valence-corrected chi connectivity index (χ2v) is 5.76. The van der Waals surface area contributed by atoms with Gasteiger partial charge >= 0.3 is 0 Å². The average Bonchev–Trinajstić information content (AvgIpc) is 2.61. The monoisotopic (exact) mass is 345 g/mol. The molecule has 0 radical (unpaired) electrons. The first kappa shape index (κ1) is 18.8. The topological polar surface area (TPSA) is 47.6 Å². The van der Waals surface area contributed by atoms with Gasteiger partial charge in [-0.05, 0) is 55.7 Å². The Labute approximate surface area is 148 Å². The number of amides is 1. The lowest BCUT2D eigenvalue weighted by molar-refractivity contribution is -0.121. The molecule has 5 heteroatoms. The molecule has 134 valence electrons. The number of hydrogen-bond acceptors (Lipinski definition) is 3. The summed E-state index contributed by atoms with van der Waals surface area (Å²) in [6.07, 6.45) is 0.774. The maximum absolute atomic E-state index is 13.7. The van der Waals surface area contributed by atoms with Gasteiger partial charge in [-0.1, -0.05) is 18.2 Å². The third-order valence-corrected chi connectivity index (χ3v) is 3.93. The van der Waals surface area contributed by atoms with E-state index in [9.17, 15) is 9.18 Å². The number of rotatable bonds is 8. The largest absolute Gasteiger partial charge is 0.494 e. The third kappa shape index (κ3) is 5.48. The summed E-state index contributed by atoms with van der Waals surface area (Å²) in [7, 11) is 1.42. The second-order valence-electron chi connectivity index (χ2n) is 5.76. The highest BCUT2D eigenvalue weighted by molar-refractivity contribution is 5.76. The molecule has 0 fully saturated rings. The Morgan fingerprint density at radius 1 is 1.20 bits per heavy atom. The predicted octanol–water partition coefficient (Wildman–Crippen LogP) is 4.04. The summed E-state index contributed by atoms with van der Waals surface area (Å²) < 4.78 is 24.0. The van der Waals surface area contributed by atoms with Gasteiger partial charge in [0, 0.05) is 6.42 Å². The molecule has 2 aromatic carbocycles. The van der Waals surface area contributed by atoms with Crippen molar-refractivity contribution in [1.29, 1.82) is 0 Å². The molecule has 4 nitrogen and oxygen atoms in total. The molecule has 1 unspecified atom stereocenters. The lowest BCUT2D eigenvalue weighted by Crippen LogP contribution is -2.26. The molecule has 2 aromatic rings. The molecule has 0 aromatic heterocycles. The lowest BCUT2D eigenvalue weighted by atomic mass is 10.1. The Morgan fingerprint density at radius 2 is 1.92 bits per heavy atom. The standard InChI is InChI=1S/C20H24FNO3/c1-4-25-17-9-7-16(8-10-17)14(2)22-20(23)12-6-15-5-11-19(24-3)18(21)13-15/h5,7-11,13-14H,4,6,12H2,1-3H3,(H,22,23). The number of hydrogen-bond donors (Lipinski definition) is 1. The van der Waals surface area contributed by atoms with Crippen LogP contribution in [0.3, 0.4) is 0 Å². The van der Waals surface area contributed by atoms with Crippen molar-refractivity contribution in [3.05, 3.63) is 59.4 Å². The molecule has 1 amide bonds. The predicted molar refractivity (Wildman–Crippen MR) is 95.4 cm³/mol. The van der Waals surface area contributed by atoms with Gasteiger partial charge in [0.15, 0.2) is 11.6 Å². The van der Waals surface area contributed by atoms with Crippen LogP contribution in [0.25, 0.3) is 0 Å². The van der Waals surface area contributed by atoms with E-state index in [0.29, 0.717) is 19.4 Å². The average molecular weight is 345 g/mol. The maximum atomic E-state index is 13.7. The number of carbonyl (C=O) groups excluding carboxylic acids is 1. The van der Waals surface area contributed by atoms with Crippen molar-refractivity contribution < 1.29 is 18.7 Å². The third-order valence-electron chi connectivity index (χ3n) is 3.93. The Bertz CT molecular complexity index is 701. The maximum Gasteiger partial charge on any atom is 0.220 e. The summed E-state index contributed by atoms with van der Waals surface area (Å²) in [5.74, 6) is 0.532. The molecule has 1 N–H and O–H groups in total. The molecule has 1 atom stereocenters. The van der Waals surface area contributed by atoms with E-state index < -0.39 is 5.82 Å². The van der Waals surface area contributed by atoms with Crippen LogP contribution in [0.2, 0.25) is 0 Å². The Kier molecular flexibility index (Phi) is 6.81. The van der Waals surface area contributed by atoms with Crippen molar-refractivity contribution >= 4 is 5.91 Å². The van der Waals surface area contributed by atoms with Crippen LogP contribution in [0, 0.1) is 5.82 Å². The molecule has 25 heavy (non-hydrogen) atoms. The molecular weight excluding hydrogens is 321 g/mol. The van der Waals surface area contributed by atoms with Crippen LogP contribution in [0.1, 0.15) is 37.4 Å². The van der Waals surface area contributed by atoms with Crippen molar-refractivity contribution in [2.75, 3.05) is 13.7 Å². The normalized spacial score (nSPS) is 11.7. The molecule has 0 saturated heterocycles. The van der Waals surface area contributed by atoms with E-state index in [4.69, 9.17) is 9.47 Å².